The number of rotatable bonds is 7. The van der Waals surface area contributed by atoms with Crippen LogP contribution in [0.5, 0.6) is 11.5 Å². The van der Waals surface area contributed by atoms with Crippen LogP contribution in [0.4, 0.5) is 0 Å². The van der Waals surface area contributed by atoms with Gasteiger partial charge in [0, 0.05) is 18.5 Å². The fourth-order valence-electron chi connectivity index (χ4n) is 6.58. The average Bonchev–Trinajstić information content (AvgIpc) is 3.07. The van der Waals surface area contributed by atoms with E-state index in [-0.39, 0.29) is 43.2 Å². The third-order valence-corrected chi connectivity index (χ3v) is 11.8. The molecule has 0 amide bonds. The van der Waals surface area contributed by atoms with E-state index in [1.807, 2.05) is 44.2 Å². The second kappa shape index (κ2) is 11.9. The molecule has 50 heavy (non-hydrogen) atoms. The molecule has 6 aromatic rings. The van der Waals surface area contributed by atoms with Crippen LogP contribution in [0, 0.1) is 13.8 Å². The number of nitrogens with zero attached hydrogens (tertiary/aromatic N) is 1. The average molecular weight is 714 g/mol. The Hall–Kier alpha value is -4.75. The molecular weight excluding hydrogens is 679 g/mol. The second-order valence-electron chi connectivity index (χ2n) is 13.1. The van der Waals surface area contributed by atoms with Gasteiger partial charge in [-0.05, 0) is 74.9 Å². The van der Waals surface area contributed by atoms with Crippen molar-refractivity contribution in [3.8, 4) is 11.5 Å². The molecular formula is C38H35NO9S2. The number of methoxy groups -OCH3 is 1. The highest BCUT2D eigenvalue weighted by Gasteiger charge is 2.51. The largest absolute Gasteiger partial charge is 0.496 e. The van der Waals surface area contributed by atoms with Gasteiger partial charge in [0.25, 0.3) is 20.2 Å². The van der Waals surface area contributed by atoms with Gasteiger partial charge in [0.05, 0.1) is 38.9 Å². The Morgan fingerprint density at radius 3 is 1.86 bits per heavy atom. The highest BCUT2D eigenvalue weighted by atomic mass is 32.2. The Morgan fingerprint density at radius 2 is 1.30 bits per heavy atom. The Labute approximate surface area is 290 Å². The third-order valence-electron chi connectivity index (χ3n) is 9.22. The molecule has 0 fully saturated rings. The predicted octanol–water partition coefficient (Wildman–Crippen LogP) is 6.86. The summed E-state index contributed by atoms with van der Waals surface area (Å²) in [5, 5.41) is 2.29. The van der Waals surface area contributed by atoms with Gasteiger partial charge in [-0.3, -0.25) is 13.2 Å². The van der Waals surface area contributed by atoms with Crippen LogP contribution in [0.3, 0.4) is 0 Å². The Morgan fingerprint density at radius 1 is 0.760 bits per heavy atom. The third kappa shape index (κ3) is 5.62. The van der Waals surface area contributed by atoms with E-state index >= 15 is 0 Å². The maximum atomic E-state index is 14.4. The van der Waals surface area contributed by atoms with Crippen LogP contribution in [0.2, 0.25) is 0 Å². The molecule has 12 heteroatoms. The van der Waals surface area contributed by atoms with Crippen LogP contribution in [-0.4, -0.2) is 40.2 Å². The molecule has 0 spiro atoms. The van der Waals surface area contributed by atoms with Crippen molar-refractivity contribution in [2.24, 2.45) is 7.05 Å². The zero-order valence-electron chi connectivity index (χ0n) is 28.3. The summed E-state index contributed by atoms with van der Waals surface area (Å²) in [7, 11) is -5.89. The summed E-state index contributed by atoms with van der Waals surface area (Å²) in [5.41, 5.74) is 0.732. The van der Waals surface area contributed by atoms with Crippen molar-refractivity contribution in [2.75, 3.05) is 7.11 Å². The lowest BCUT2D eigenvalue weighted by Gasteiger charge is -2.43. The van der Waals surface area contributed by atoms with E-state index in [0.717, 1.165) is 21.9 Å². The maximum Gasteiger partial charge on any atom is 0.297 e. The molecule has 0 N–H and O–H groups in total. The van der Waals surface area contributed by atoms with E-state index in [2.05, 4.69) is 0 Å². The Bertz CT molecular complexity index is 2610. The van der Waals surface area contributed by atoms with Gasteiger partial charge in [-0.1, -0.05) is 59.7 Å². The highest BCUT2D eigenvalue weighted by Crippen LogP contribution is 2.50. The van der Waals surface area contributed by atoms with Crippen molar-refractivity contribution in [1.82, 2.24) is 4.57 Å². The zero-order valence-corrected chi connectivity index (χ0v) is 29.9. The summed E-state index contributed by atoms with van der Waals surface area (Å²) in [6.07, 6.45) is -3.17. The molecule has 7 rings (SSSR count). The van der Waals surface area contributed by atoms with Crippen LogP contribution in [0.15, 0.2) is 106 Å². The second-order valence-corrected chi connectivity index (χ2v) is 16.2. The number of hydrogen-bond donors (Lipinski definition) is 0. The van der Waals surface area contributed by atoms with Crippen LogP contribution in [0.25, 0.3) is 32.6 Å². The Kier molecular flexibility index (Phi) is 8.06. The molecule has 0 saturated heterocycles. The molecule has 0 unspecified atom stereocenters. The molecule has 1 aromatic heterocycles. The molecule has 5 aromatic carbocycles. The van der Waals surface area contributed by atoms with E-state index in [4.69, 9.17) is 17.8 Å². The molecule has 0 bridgehead atoms. The monoisotopic (exact) mass is 713 g/mol. The van der Waals surface area contributed by atoms with Crippen molar-refractivity contribution in [3.05, 3.63) is 118 Å². The molecule has 2 heterocycles. The van der Waals surface area contributed by atoms with E-state index < -0.39 is 38.0 Å². The van der Waals surface area contributed by atoms with Crippen molar-refractivity contribution in [3.63, 3.8) is 0 Å². The van der Waals surface area contributed by atoms with Crippen molar-refractivity contribution < 1.29 is 34.7 Å². The fourth-order valence-corrected chi connectivity index (χ4v) is 8.82. The smallest absolute Gasteiger partial charge is 0.297 e. The Balaban J connectivity index is 1.54. The normalized spacial score (nSPS) is 17.5. The minimum atomic E-state index is -4.56. The van der Waals surface area contributed by atoms with Gasteiger partial charge < -0.3 is 14.0 Å². The molecule has 1 aliphatic heterocycles. The van der Waals surface area contributed by atoms with Gasteiger partial charge in [-0.15, -0.1) is 0 Å². The van der Waals surface area contributed by atoms with E-state index in [1.54, 1.807) is 55.8 Å². The quantitative estimate of drug-likeness (QED) is 0.129. The number of pyridine rings is 1. The lowest BCUT2D eigenvalue weighted by molar-refractivity contribution is -0.0842. The van der Waals surface area contributed by atoms with Crippen LogP contribution < -0.4 is 14.9 Å². The molecule has 10 nitrogen and oxygen atoms in total. The highest BCUT2D eigenvalue weighted by molar-refractivity contribution is 7.87. The summed E-state index contributed by atoms with van der Waals surface area (Å²) in [5.74, 6) is 0.336. The van der Waals surface area contributed by atoms with Crippen molar-refractivity contribution in [2.45, 2.75) is 55.3 Å². The minimum absolute atomic E-state index is 0.120. The topological polar surface area (TPSA) is 127 Å². The van der Waals surface area contributed by atoms with Crippen molar-refractivity contribution >= 4 is 52.8 Å². The number of aromatic nitrogens is 1. The predicted molar refractivity (Wildman–Crippen MR) is 191 cm³/mol. The summed E-state index contributed by atoms with van der Waals surface area (Å²) in [6.45, 7) is 6.81. The molecule has 0 radical (unpaired) electrons. The van der Waals surface area contributed by atoms with E-state index in [9.17, 15) is 21.6 Å². The minimum Gasteiger partial charge on any atom is -0.496 e. The lowest BCUT2D eigenvalue weighted by Crippen LogP contribution is -2.52. The molecule has 0 aliphatic carbocycles. The first-order valence-electron chi connectivity index (χ1n) is 15.9. The number of fused-ring (bicyclic) bond motifs is 5. The van der Waals surface area contributed by atoms with Crippen LogP contribution in [-0.2, 0) is 35.7 Å². The SMILES string of the molecule is COc1cc2c(c3c1c(=O)c1cc4ccccc4cc1n3C)[C@H](OS(=O)(=O)c1ccc(C)cc1)[C@@H](OS(=O)(=O)c1ccc(C)cc1)C(C)(C)O2. The zero-order chi connectivity index (χ0) is 35.7. The lowest BCUT2D eigenvalue weighted by atomic mass is 9.86. The van der Waals surface area contributed by atoms with Crippen molar-refractivity contribution in [1.29, 1.82) is 0 Å². The standard InChI is InChI=1S/C38H35NO9S2/c1-22-11-15-26(16-12-22)49(41,42)47-36-33-31(46-38(3,4)37(36)48-50(43,44)27-17-13-23(2)14-18-27)21-30(45-6)32-34(33)39(5)29-20-25-10-8-7-9-24(25)19-28(29)35(32)40/h7-21,36-37H,1-6H3/t36-,37+/m0/s1. The summed E-state index contributed by atoms with van der Waals surface area (Å²) in [4.78, 5) is 14.2. The van der Waals surface area contributed by atoms with Gasteiger partial charge in [-0.2, -0.15) is 16.8 Å². The summed E-state index contributed by atoms with van der Waals surface area (Å²) in [6, 6.07) is 25.0. The molecule has 258 valence electrons. The number of aryl methyl sites for hydroxylation is 3. The number of ether oxygens (including phenoxy) is 2. The first-order chi connectivity index (χ1) is 23.6. The van der Waals surface area contributed by atoms with Gasteiger partial charge >= 0.3 is 0 Å². The van der Waals surface area contributed by atoms with Crippen LogP contribution in [0.1, 0.15) is 36.6 Å². The first-order valence-corrected chi connectivity index (χ1v) is 18.7. The molecule has 1 aliphatic rings. The molecule has 0 saturated carbocycles. The van der Waals surface area contributed by atoms with Gasteiger partial charge in [-0.25, -0.2) is 0 Å². The summed E-state index contributed by atoms with van der Waals surface area (Å²) >= 11 is 0. The van der Waals surface area contributed by atoms with Gasteiger partial charge in [0.1, 0.15) is 29.3 Å². The van der Waals surface area contributed by atoms with E-state index in [0.29, 0.717) is 10.9 Å². The summed E-state index contributed by atoms with van der Waals surface area (Å²) < 4.78 is 81.8. The fraction of sp³-hybridized carbons (Fsp3) is 0.237. The van der Waals surface area contributed by atoms with E-state index in [1.165, 1.54) is 37.4 Å². The number of benzene rings is 5. The maximum absolute atomic E-state index is 14.4. The van der Waals surface area contributed by atoms with Gasteiger partial charge in [0.2, 0.25) is 5.43 Å². The van der Waals surface area contributed by atoms with Crippen LogP contribution >= 0.6 is 0 Å². The molecule has 2 atom stereocenters. The number of hydrogen-bond acceptors (Lipinski definition) is 9. The van der Waals surface area contributed by atoms with Gasteiger partial charge in [0.15, 0.2) is 0 Å². The first kappa shape index (κ1) is 33.7.